The number of amides is 1. The van der Waals surface area contributed by atoms with E-state index in [4.69, 9.17) is 10.5 Å². The average Bonchev–Trinajstić information content (AvgIpc) is 3.07. The molecule has 7 nitrogen and oxygen atoms in total. The normalized spacial score (nSPS) is 22.4. The van der Waals surface area contributed by atoms with Crippen LogP contribution in [0.25, 0.3) is 11.1 Å². The van der Waals surface area contributed by atoms with Crippen molar-refractivity contribution in [3.63, 3.8) is 0 Å². The minimum atomic E-state index is -2.93. The van der Waals surface area contributed by atoms with Crippen LogP contribution in [0.4, 0.5) is 8.78 Å². The molecule has 3 aromatic rings. The first-order valence-corrected chi connectivity index (χ1v) is 11.6. The van der Waals surface area contributed by atoms with Crippen LogP contribution in [0, 0.1) is 11.3 Å². The fourth-order valence-electron chi connectivity index (χ4n) is 5.18. The Kier molecular flexibility index (Phi) is 5.83. The molecule has 3 aromatic carbocycles. The van der Waals surface area contributed by atoms with Crippen LogP contribution in [0.2, 0.25) is 0 Å². The van der Waals surface area contributed by atoms with Crippen molar-refractivity contribution in [1.29, 1.82) is 5.26 Å². The number of nitriles is 1. The molecule has 0 bridgehead atoms. The van der Waals surface area contributed by atoms with Gasteiger partial charge in [0.15, 0.2) is 11.5 Å². The number of carbonyl (C=O) groups is 1. The van der Waals surface area contributed by atoms with E-state index in [0.717, 1.165) is 11.1 Å². The molecule has 1 amide bonds. The molecule has 2 aliphatic rings. The Labute approximate surface area is 212 Å². The van der Waals surface area contributed by atoms with E-state index >= 15 is 0 Å². The molecule has 2 aliphatic heterocycles. The number of hydrogen-bond acceptors (Lipinski definition) is 6. The highest BCUT2D eigenvalue weighted by atomic mass is 19.3. The van der Waals surface area contributed by atoms with Crippen molar-refractivity contribution < 1.29 is 23.0 Å². The van der Waals surface area contributed by atoms with Crippen molar-refractivity contribution in [1.82, 2.24) is 4.90 Å². The molecule has 9 heteroatoms. The largest absolute Gasteiger partial charge is 0.487 e. The van der Waals surface area contributed by atoms with Crippen molar-refractivity contribution in [2.45, 2.75) is 37.5 Å². The Bertz CT molecular complexity index is 1470. The number of aliphatic imine (C=N–C) groups is 1. The molecule has 2 atom stereocenters. The van der Waals surface area contributed by atoms with E-state index in [1.165, 1.54) is 17.0 Å². The lowest BCUT2D eigenvalue weighted by molar-refractivity contribution is -0.133. The van der Waals surface area contributed by atoms with Gasteiger partial charge in [0, 0.05) is 25.5 Å². The highest BCUT2D eigenvalue weighted by Crippen LogP contribution is 2.50. The number of ether oxygens (including phenoxy) is 2. The summed E-state index contributed by atoms with van der Waals surface area (Å²) in [4.78, 5) is 19.6. The summed E-state index contributed by atoms with van der Waals surface area (Å²) in [7, 11) is 1.58. The number of guanidine groups is 1. The third-order valence-corrected chi connectivity index (χ3v) is 6.75. The minimum Gasteiger partial charge on any atom is -0.487 e. The van der Waals surface area contributed by atoms with Gasteiger partial charge in [-0.05, 0) is 60.0 Å². The fourth-order valence-corrected chi connectivity index (χ4v) is 5.18. The zero-order valence-electron chi connectivity index (χ0n) is 20.2. The molecule has 0 aliphatic carbocycles. The smallest absolute Gasteiger partial charge is 0.387 e. The first kappa shape index (κ1) is 24.3. The second-order valence-corrected chi connectivity index (χ2v) is 9.53. The Balaban J connectivity index is 1.58. The lowest BCUT2D eigenvalue weighted by Gasteiger charge is -2.43. The van der Waals surface area contributed by atoms with Crippen molar-refractivity contribution in [2.24, 2.45) is 10.7 Å². The van der Waals surface area contributed by atoms with Gasteiger partial charge in [0.05, 0.1) is 11.6 Å². The predicted octanol–water partition coefficient (Wildman–Crippen LogP) is 4.59. The molecule has 188 valence electrons. The second kappa shape index (κ2) is 8.89. The van der Waals surface area contributed by atoms with Crippen molar-refractivity contribution in [3.8, 4) is 28.7 Å². The van der Waals surface area contributed by atoms with Crippen LogP contribution in [0.15, 0.2) is 71.7 Å². The number of carbonyl (C=O) groups excluding carboxylic acids is 1. The number of nitrogens with zero attached hydrogens (tertiary/aromatic N) is 3. The topological polar surface area (TPSA) is 101 Å². The first-order chi connectivity index (χ1) is 17.6. The summed E-state index contributed by atoms with van der Waals surface area (Å²) in [6.45, 7) is -1.07. The zero-order valence-corrected chi connectivity index (χ0v) is 20.2. The van der Waals surface area contributed by atoms with Crippen LogP contribution in [0.5, 0.6) is 11.5 Å². The number of rotatable bonds is 5. The van der Waals surface area contributed by atoms with Gasteiger partial charge < -0.3 is 15.2 Å². The maximum Gasteiger partial charge on any atom is 0.387 e. The molecule has 2 unspecified atom stereocenters. The summed E-state index contributed by atoms with van der Waals surface area (Å²) in [5, 5.41) is 9.30. The van der Waals surface area contributed by atoms with Gasteiger partial charge in [-0.15, -0.1) is 0 Å². The molecular weight excluding hydrogens is 478 g/mol. The SMILES string of the molecule is CN1C(=O)C2(CC(C)(Cc3cccc(OC(F)F)c3)Oc3ccc(-c4cccc(C#N)c4)cc32)N=C1N. The number of halogens is 2. The van der Waals surface area contributed by atoms with Crippen LogP contribution >= 0.6 is 0 Å². The van der Waals surface area contributed by atoms with Crippen LogP contribution in [0.1, 0.15) is 30.0 Å². The van der Waals surface area contributed by atoms with Crippen LogP contribution in [-0.2, 0) is 16.8 Å². The van der Waals surface area contributed by atoms with Gasteiger partial charge >= 0.3 is 6.61 Å². The fraction of sp³-hybridized carbons (Fsp3) is 0.250. The Hall–Kier alpha value is -4.45. The summed E-state index contributed by atoms with van der Waals surface area (Å²) in [6, 6.07) is 21.3. The quantitative estimate of drug-likeness (QED) is 0.550. The minimum absolute atomic E-state index is 0.0465. The standard InChI is InChI=1S/C28H24F2N4O3/c1-27(14-17-5-4-8-21(12-17)36-25(29)30)16-28(24(35)34(2)26(32)33-28)22-13-20(9-10-23(22)37-27)19-7-3-6-18(11-19)15-31/h3-13,25H,14,16H2,1-2H3,(H2,32,33). The molecule has 1 spiro atoms. The van der Waals surface area contributed by atoms with E-state index in [-0.39, 0.29) is 24.0 Å². The number of nitrogens with two attached hydrogens (primary N) is 1. The molecule has 37 heavy (non-hydrogen) atoms. The van der Waals surface area contributed by atoms with E-state index in [0.29, 0.717) is 28.9 Å². The Morgan fingerprint density at radius 2 is 1.92 bits per heavy atom. The van der Waals surface area contributed by atoms with Crippen LogP contribution < -0.4 is 15.2 Å². The molecule has 0 saturated heterocycles. The molecule has 5 rings (SSSR count). The molecule has 0 aromatic heterocycles. The van der Waals surface area contributed by atoms with Crippen LogP contribution in [0.3, 0.4) is 0 Å². The number of fused-ring (bicyclic) bond motifs is 2. The van der Waals surface area contributed by atoms with Gasteiger partial charge in [-0.25, -0.2) is 4.99 Å². The molecule has 2 heterocycles. The van der Waals surface area contributed by atoms with Gasteiger partial charge in [-0.1, -0.05) is 30.3 Å². The summed E-state index contributed by atoms with van der Waals surface area (Å²) >= 11 is 0. The zero-order chi connectivity index (χ0) is 26.4. The van der Waals surface area contributed by atoms with E-state index < -0.39 is 17.8 Å². The lowest BCUT2D eigenvalue weighted by Crippen LogP contribution is -2.51. The maximum absolute atomic E-state index is 13.6. The summed E-state index contributed by atoms with van der Waals surface area (Å²) in [6.07, 6.45) is 0.492. The molecule has 0 radical (unpaired) electrons. The molecule has 2 N–H and O–H groups in total. The third kappa shape index (κ3) is 4.35. The van der Waals surface area contributed by atoms with Gasteiger partial charge in [0.1, 0.15) is 17.1 Å². The van der Waals surface area contributed by atoms with E-state index in [1.807, 2.05) is 25.1 Å². The lowest BCUT2D eigenvalue weighted by atomic mass is 9.74. The van der Waals surface area contributed by atoms with Crippen LogP contribution in [-0.4, -0.2) is 36.0 Å². The number of hydrogen-bond donors (Lipinski definition) is 1. The second-order valence-electron chi connectivity index (χ2n) is 9.53. The Morgan fingerprint density at radius 1 is 1.16 bits per heavy atom. The molecule has 0 saturated carbocycles. The maximum atomic E-state index is 13.6. The van der Waals surface area contributed by atoms with Crippen molar-refractivity contribution in [3.05, 3.63) is 83.4 Å². The molecule has 0 fully saturated rings. The van der Waals surface area contributed by atoms with Gasteiger partial charge in [0.2, 0.25) is 0 Å². The highest BCUT2D eigenvalue weighted by Gasteiger charge is 2.56. The average molecular weight is 503 g/mol. The summed E-state index contributed by atoms with van der Waals surface area (Å²) < 4.78 is 36.5. The van der Waals surface area contributed by atoms with Crippen molar-refractivity contribution in [2.75, 3.05) is 7.05 Å². The van der Waals surface area contributed by atoms with Crippen molar-refractivity contribution >= 4 is 11.9 Å². The van der Waals surface area contributed by atoms with Gasteiger partial charge in [-0.2, -0.15) is 14.0 Å². The van der Waals surface area contributed by atoms with E-state index in [1.54, 1.807) is 43.4 Å². The Morgan fingerprint density at radius 3 is 2.62 bits per heavy atom. The van der Waals surface area contributed by atoms with E-state index in [2.05, 4.69) is 15.8 Å². The van der Waals surface area contributed by atoms with E-state index in [9.17, 15) is 18.8 Å². The summed E-state index contributed by atoms with van der Waals surface area (Å²) in [5.74, 6) is 0.349. The highest BCUT2D eigenvalue weighted by molar-refractivity contribution is 6.07. The van der Waals surface area contributed by atoms with Gasteiger partial charge in [-0.3, -0.25) is 9.69 Å². The number of alkyl halides is 2. The third-order valence-electron chi connectivity index (χ3n) is 6.75. The number of likely N-dealkylation sites (N-methyl/N-ethyl adjacent to an activating group) is 1. The predicted molar refractivity (Wildman–Crippen MR) is 133 cm³/mol. The monoisotopic (exact) mass is 502 g/mol. The van der Waals surface area contributed by atoms with Gasteiger partial charge in [0.25, 0.3) is 5.91 Å². The molecular formula is C28H24F2N4O3. The number of benzene rings is 3. The summed E-state index contributed by atoms with van der Waals surface area (Å²) in [5.41, 5.74) is 7.31. The first-order valence-electron chi connectivity index (χ1n) is 11.6.